The highest BCUT2D eigenvalue weighted by Gasteiger charge is 2.11. The van der Waals surface area contributed by atoms with Crippen molar-refractivity contribution in [1.82, 2.24) is 10.2 Å². The zero-order valence-corrected chi connectivity index (χ0v) is 13.3. The summed E-state index contributed by atoms with van der Waals surface area (Å²) in [6.45, 7) is 6.58. The van der Waals surface area contributed by atoms with E-state index in [9.17, 15) is 4.79 Å². The Morgan fingerprint density at radius 3 is 2.74 bits per heavy atom. The van der Waals surface area contributed by atoms with Gasteiger partial charge in [-0.2, -0.15) is 0 Å². The molecule has 19 heavy (non-hydrogen) atoms. The fraction of sp³-hybridized carbons (Fsp3) is 0.500. The second-order valence-corrected chi connectivity index (χ2v) is 5.07. The van der Waals surface area contributed by atoms with Gasteiger partial charge in [0.2, 0.25) is 5.91 Å². The number of ether oxygens (including phenoxy) is 1. The van der Waals surface area contributed by atoms with Gasteiger partial charge in [0.15, 0.2) is 0 Å². The van der Waals surface area contributed by atoms with Crippen LogP contribution < -0.4 is 10.1 Å². The lowest BCUT2D eigenvalue weighted by molar-refractivity contribution is -0.122. The van der Waals surface area contributed by atoms with E-state index < -0.39 is 0 Å². The van der Waals surface area contributed by atoms with Crippen molar-refractivity contribution in [1.29, 1.82) is 0 Å². The first-order chi connectivity index (χ1) is 9.10. The molecule has 1 amide bonds. The van der Waals surface area contributed by atoms with Crippen LogP contribution in [0.1, 0.15) is 19.4 Å². The minimum atomic E-state index is 0.0587. The van der Waals surface area contributed by atoms with Crippen LogP contribution in [0, 0.1) is 0 Å². The number of hydrogen-bond acceptors (Lipinski definition) is 3. The third kappa shape index (κ3) is 5.20. The van der Waals surface area contributed by atoms with Crippen LogP contribution >= 0.6 is 15.9 Å². The van der Waals surface area contributed by atoms with Gasteiger partial charge in [0, 0.05) is 17.6 Å². The van der Waals surface area contributed by atoms with E-state index in [-0.39, 0.29) is 5.91 Å². The Hall–Kier alpha value is -1.07. The molecule has 0 aliphatic heterocycles. The smallest absolute Gasteiger partial charge is 0.234 e. The Morgan fingerprint density at radius 2 is 2.16 bits per heavy atom. The summed E-state index contributed by atoms with van der Waals surface area (Å²) in [5.74, 6) is 0.885. The van der Waals surface area contributed by atoms with Crippen molar-refractivity contribution in [2.45, 2.75) is 20.4 Å². The number of carbonyl (C=O) groups is 1. The number of nitrogens with one attached hydrogen (secondary N) is 1. The van der Waals surface area contributed by atoms with Crippen molar-refractivity contribution in [2.75, 3.05) is 26.7 Å². The number of hydrogen-bond donors (Lipinski definition) is 1. The van der Waals surface area contributed by atoms with Gasteiger partial charge in [0.05, 0.1) is 13.7 Å². The number of carbonyl (C=O) groups excluding carboxylic acids is 1. The second-order valence-electron chi connectivity index (χ2n) is 4.21. The Kier molecular flexibility index (Phi) is 6.87. The van der Waals surface area contributed by atoms with E-state index in [4.69, 9.17) is 4.74 Å². The van der Waals surface area contributed by atoms with Gasteiger partial charge in [-0.05, 0) is 37.2 Å². The molecule has 0 atom stereocenters. The largest absolute Gasteiger partial charge is 0.497 e. The molecule has 0 aliphatic carbocycles. The quantitative estimate of drug-likeness (QED) is 0.835. The lowest BCUT2D eigenvalue weighted by atomic mass is 10.2. The number of benzene rings is 1. The summed E-state index contributed by atoms with van der Waals surface area (Å²) in [5.41, 5.74) is 1.12. The van der Waals surface area contributed by atoms with E-state index in [1.54, 1.807) is 7.11 Å². The number of methoxy groups -OCH3 is 1. The van der Waals surface area contributed by atoms with Gasteiger partial charge in [0.25, 0.3) is 0 Å². The highest BCUT2D eigenvalue weighted by molar-refractivity contribution is 9.10. The first-order valence-corrected chi connectivity index (χ1v) is 7.21. The van der Waals surface area contributed by atoms with Crippen molar-refractivity contribution < 1.29 is 9.53 Å². The maximum Gasteiger partial charge on any atom is 0.234 e. The van der Waals surface area contributed by atoms with Gasteiger partial charge >= 0.3 is 0 Å². The third-order valence-electron chi connectivity index (χ3n) is 2.84. The zero-order valence-electron chi connectivity index (χ0n) is 11.7. The minimum Gasteiger partial charge on any atom is -0.497 e. The molecule has 0 heterocycles. The molecule has 0 bridgehead atoms. The molecule has 4 nitrogen and oxygen atoms in total. The molecule has 5 heteroatoms. The predicted octanol–water partition coefficient (Wildman–Crippen LogP) is 2.42. The van der Waals surface area contributed by atoms with Crippen molar-refractivity contribution >= 4 is 21.8 Å². The molecule has 1 rings (SSSR count). The second kappa shape index (κ2) is 8.17. The van der Waals surface area contributed by atoms with Gasteiger partial charge in [-0.25, -0.2) is 0 Å². The highest BCUT2D eigenvalue weighted by Crippen LogP contribution is 2.23. The zero-order chi connectivity index (χ0) is 14.3. The van der Waals surface area contributed by atoms with Crippen molar-refractivity contribution in [3.8, 4) is 5.75 Å². The summed E-state index contributed by atoms with van der Waals surface area (Å²) < 4.78 is 6.26. The number of rotatable bonds is 7. The van der Waals surface area contributed by atoms with Crippen molar-refractivity contribution in [2.24, 2.45) is 0 Å². The molecule has 0 saturated heterocycles. The summed E-state index contributed by atoms with van der Waals surface area (Å²) >= 11 is 3.53. The number of amides is 1. The molecule has 0 aliphatic rings. The fourth-order valence-electron chi connectivity index (χ4n) is 1.78. The highest BCUT2D eigenvalue weighted by atomic mass is 79.9. The third-order valence-corrected chi connectivity index (χ3v) is 3.61. The maximum absolute atomic E-state index is 11.6. The lowest BCUT2D eigenvalue weighted by Crippen LogP contribution is -2.36. The Bertz CT molecular complexity index is 424. The topological polar surface area (TPSA) is 41.6 Å². The summed E-state index contributed by atoms with van der Waals surface area (Å²) in [5, 5.41) is 2.82. The normalized spacial score (nSPS) is 10.6. The number of likely N-dealkylation sites (N-methyl/N-ethyl adjacent to an activating group) is 2. The summed E-state index contributed by atoms with van der Waals surface area (Å²) in [4.78, 5) is 13.7. The molecule has 0 fully saturated rings. The molecule has 0 radical (unpaired) electrons. The van der Waals surface area contributed by atoms with Gasteiger partial charge in [0.1, 0.15) is 5.75 Å². The molecule has 1 aromatic rings. The predicted molar refractivity (Wildman–Crippen MR) is 80.3 cm³/mol. The van der Waals surface area contributed by atoms with E-state index in [1.165, 1.54) is 0 Å². The van der Waals surface area contributed by atoms with E-state index in [0.29, 0.717) is 19.6 Å². The van der Waals surface area contributed by atoms with Crippen molar-refractivity contribution in [3.05, 3.63) is 28.2 Å². The number of nitrogens with zero attached hydrogens (tertiary/aromatic N) is 1. The standard InChI is InChI=1S/C14H21BrN2O2/c1-4-16-14(18)10-17(5-2)9-11-8-12(19-3)6-7-13(11)15/h6-8H,4-5,9-10H2,1-3H3,(H,16,18). The van der Waals surface area contributed by atoms with Crippen LogP contribution in [0.3, 0.4) is 0 Å². The van der Waals surface area contributed by atoms with E-state index >= 15 is 0 Å². The number of halogens is 1. The lowest BCUT2D eigenvalue weighted by Gasteiger charge is -2.20. The Balaban J connectivity index is 2.72. The average Bonchev–Trinajstić information content (AvgIpc) is 2.40. The molecular weight excluding hydrogens is 308 g/mol. The molecule has 106 valence electrons. The molecule has 0 saturated carbocycles. The first-order valence-electron chi connectivity index (χ1n) is 6.42. The first kappa shape index (κ1) is 16.0. The maximum atomic E-state index is 11.6. The molecule has 0 aromatic heterocycles. The fourth-order valence-corrected chi connectivity index (χ4v) is 2.15. The average molecular weight is 329 g/mol. The van der Waals surface area contributed by atoms with Gasteiger partial charge in [-0.3, -0.25) is 9.69 Å². The molecule has 1 aromatic carbocycles. The van der Waals surface area contributed by atoms with Crippen LogP contribution in [0.5, 0.6) is 5.75 Å². The van der Waals surface area contributed by atoms with Crippen molar-refractivity contribution in [3.63, 3.8) is 0 Å². The Labute approximate surface area is 123 Å². The molecule has 0 spiro atoms. The van der Waals surface area contributed by atoms with Gasteiger partial charge in [-0.1, -0.05) is 22.9 Å². The monoisotopic (exact) mass is 328 g/mol. The SMILES string of the molecule is CCNC(=O)CN(CC)Cc1cc(OC)ccc1Br. The van der Waals surface area contributed by atoms with Crippen LogP contribution in [0.15, 0.2) is 22.7 Å². The molecular formula is C14H21BrN2O2. The van der Waals surface area contributed by atoms with Gasteiger partial charge < -0.3 is 10.1 Å². The van der Waals surface area contributed by atoms with Crippen LogP contribution in [0.4, 0.5) is 0 Å². The van der Waals surface area contributed by atoms with Crippen LogP contribution in [0.25, 0.3) is 0 Å². The summed E-state index contributed by atoms with van der Waals surface area (Å²) in [7, 11) is 1.65. The molecule has 1 N–H and O–H groups in total. The van der Waals surface area contributed by atoms with Gasteiger partial charge in [-0.15, -0.1) is 0 Å². The summed E-state index contributed by atoms with van der Waals surface area (Å²) in [6.07, 6.45) is 0. The van der Waals surface area contributed by atoms with Crippen LogP contribution in [0.2, 0.25) is 0 Å². The van der Waals surface area contributed by atoms with E-state index in [2.05, 4.69) is 26.1 Å². The summed E-state index contributed by atoms with van der Waals surface area (Å²) in [6, 6.07) is 5.87. The Morgan fingerprint density at radius 1 is 1.42 bits per heavy atom. The van der Waals surface area contributed by atoms with E-state index in [0.717, 1.165) is 22.3 Å². The minimum absolute atomic E-state index is 0.0587. The van der Waals surface area contributed by atoms with E-state index in [1.807, 2.05) is 32.0 Å². The molecule has 0 unspecified atom stereocenters. The van der Waals surface area contributed by atoms with Crippen LogP contribution in [-0.4, -0.2) is 37.6 Å². The van der Waals surface area contributed by atoms with Crippen LogP contribution in [-0.2, 0) is 11.3 Å².